The summed E-state index contributed by atoms with van der Waals surface area (Å²) in [4.78, 5) is 0. The fourth-order valence-electron chi connectivity index (χ4n) is 0.467. The van der Waals surface area contributed by atoms with Crippen LogP contribution < -0.4 is 5.73 Å². The summed E-state index contributed by atoms with van der Waals surface area (Å²) in [5.74, 6) is 0. The van der Waals surface area contributed by atoms with Gasteiger partial charge in [-0.1, -0.05) is 11.6 Å². The van der Waals surface area contributed by atoms with Gasteiger partial charge in [0.15, 0.2) is 0 Å². The van der Waals surface area contributed by atoms with Gasteiger partial charge in [-0.3, -0.25) is 0 Å². The van der Waals surface area contributed by atoms with E-state index in [9.17, 15) is 0 Å². The van der Waals surface area contributed by atoms with Crippen LogP contribution in [-0.4, -0.2) is 5.54 Å². The van der Waals surface area contributed by atoms with Crippen LogP contribution in [0.3, 0.4) is 0 Å². The minimum absolute atomic E-state index is 0.0444. The van der Waals surface area contributed by atoms with Gasteiger partial charge in [0, 0.05) is 5.54 Å². The van der Waals surface area contributed by atoms with Crippen molar-refractivity contribution in [2.24, 2.45) is 5.73 Å². The van der Waals surface area contributed by atoms with Crippen LogP contribution in [0.5, 0.6) is 0 Å². The summed E-state index contributed by atoms with van der Waals surface area (Å²) in [6.07, 6.45) is 3.13. The van der Waals surface area contributed by atoms with Crippen LogP contribution in [0.15, 0.2) is 11.6 Å². The SMILES string of the molecule is CC(C)=CCC(C)(C)N. The highest BCUT2D eigenvalue weighted by Crippen LogP contribution is 2.05. The average Bonchev–Trinajstić information content (AvgIpc) is 1.59. The molecule has 0 aromatic heterocycles. The van der Waals surface area contributed by atoms with Crippen LogP contribution >= 0.6 is 0 Å². The molecule has 54 valence electrons. The lowest BCUT2D eigenvalue weighted by atomic mass is 10.0. The number of hydrogen-bond acceptors (Lipinski definition) is 1. The molecular weight excluding hydrogens is 110 g/mol. The van der Waals surface area contributed by atoms with Gasteiger partial charge >= 0.3 is 0 Å². The van der Waals surface area contributed by atoms with E-state index in [1.165, 1.54) is 5.57 Å². The molecule has 0 saturated carbocycles. The smallest absolute Gasteiger partial charge is 0.0132 e. The second-order valence-electron chi connectivity index (χ2n) is 3.47. The minimum Gasteiger partial charge on any atom is -0.325 e. The average molecular weight is 127 g/mol. The summed E-state index contributed by atoms with van der Waals surface area (Å²) < 4.78 is 0. The Balaban J connectivity index is 3.64. The first-order valence-corrected chi connectivity index (χ1v) is 3.34. The Bertz CT molecular complexity index is 102. The molecule has 0 aromatic carbocycles. The van der Waals surface area contributed by atoms with Crippen LogP contribution in [0.4, 0.5) is 0 Å². The summed E-state index contributed by atoms with van der Waals surface area (Å²) in [6, 6.07) is 0. The Morgan fingerprint density at radius 2 is 1.89 bits per heavy atom. The summed E-state index contributed by atoms with van der Waals surface area (Å²) in [5, 5.41) is 0. The van der Waals surface area contributed by atoms with Crippen LogP contribution in [0, 0.1) is 0 Å². The summed E-state index contributed by atoms with van der Waals surface area (Å²) in [6.45, 7) is 8.25. The molecule has 0 aliphatic carbocycles. The molecule has 2 N–H and O–H groups in total. The van der Waals surface area contributed by atoms with E-state index in [0.29, 0.717) is 0 Å². The van der Waals surface area contributed by atoms with Crippen molar-refractivity contribution < 1.29 is 0 Å². The topological polar surface area (TPSA) is 26.0 Å². The number of hydrogen-bond donors (Lipinski definition) is 1. The largest absolute Gasteiger partial charge is 0.325 e. The standard InChI is InChI=1S/C8H17N/c1-7(2)5-6-8(3,4)9/h5H,6,9H2,1-4H3. The first-order valence-electron chi connectivity index (χ1n) is 3.34. The van der Waals surface area contributed by atoms with Gasteiger partial charge in [0.05, 0.1) is 0 Å². The van der Waals surface area contributed by atoms with Crippen LogP contribution in [-0.2, 0) is 0 Å². The molecule has 0 bridgehead atoms. The summed E-state index contributed by atoms with van der Waals surface area (Å²) in [7, 11) is 0. The van der Waals surface area contributed by atoms with Crippen molar-refractivity contribution in [1.29, 1.82) is 0 Å². The van der Waals surface area contributed by atoms with Gasteiger partial charge in [-0.2, -0.15) is 0 Å². The molecule has 0 aromatic rings. The van der Waals surface area contributed by atoms with Gasteiger partial charge in [-0.25, -0.2) is 0 Å². The molecule has 0 rings (SSSR count). The predicted octanol–water partition coefficient (Wildman–Crippen LogP) is 2.08. The normalized spacial score (nSPS) is 11.2. The fourth-order valence-corrected chi connectivity index (χ4v) is 0.467. The van der Waals surface area contributed by atoms with Crippen molar-refractivity contribution in [3.8, 4) is 0 Å². The zero-order valence-electron chi connectivity index (χ0n) is 6.86. The summed E-state index contributed by atoms with van der Waals surface area (Å²) in [5.41, 5.74) is 7.04. The second-order valence-corrected chi connectivity index (χ2v) is 3.47. The van der Waals surface area contributed by atoms with E-state index in [0.717, 1.165) is 6.42 Å². The lowest BCUT2D eigenvalue weighted by Crippen LogP contribution is -2.30. The lowest BCUT2D eigenvalue weighted by molar-refractivity contribution is 0.526. The Labute approximate surface area is 57.9 Å². The Morgan fingerprint density at radius 1 is 1.44 bits per heavy atom. The quantitative estimate of drug-likeness (QED) is 0.565. The second kappa shape index (κ2) is 3.02. The van der Waals surface area contributed by atoms with Crippen molar-refractivity contribution in [1.82, 2.24) is 0 Å². The summed E-state index contributed by atoms with van der Waals surface area (Å²) >= 11 is 0. The third-order valence-electron chi connectivity index (χ3n) is 1.04. The molecule has 0 unspecified atom stereocenters. The molecule has 1 heteroatoms. The number of nitrogens with two attached hydrogens (primary N) is 1. The maximum Gasteiger partial charge on any atom is 0.0132 e. The number of rotatable bonds is 2. The van der Waals surface area contributed by atoms with E-state index >= 15 is 0 Å². The molecule has 0 spiro atoms. The van der Waals surface area contributed by atoms with Gasteiger partial charge in [-0.05, 0) is 34.1 Å². The third kappa shape index (κ3) is 7.70. The molecular formula is C8H17N. The monoisotopic (exact) mass is 127 g/mol. The first kappa shape index (κ1) is 8.70. The van der Waals surface area contributed by atoms with E-state index < -0.39 is 0 Å². The predicted molar refractivity (Wildman–Crippen MR) is 42.3 cm³/mol. The van der Waals surface area contributed by atoms with E-state index in [4.69, 9.17) is 5.73 Å². The lowest BCUT2D eigenvalue weighted by Gasteiger charge is -2.15. The van der Waals surface area contributed by atoms with Gasteiger partial charge in [0.2, 0.25) is 0 Å². The van der Waals surface area contributed by atoms with Crippen molar-refractivity contribution in [3.05, 3.63) is 11.6 Å². The molecule has 0 amide bonds. The van der Waals surface area contributed by atoms with E-state index in [1.807, 2.05) is 13.8 Å². The zero-order chi connectivity index (χ0) is 7.49. The molecule has 0 radical (unpaired) electrons. The molecule has 0 heterocycles. The molecule has 0 aliphatic rings. The van der Waals surface area contributed by atoms with E-state index in [-0.39, 0.29) is 5.54 Å². The molecule has 0 fully saturated rings. The molecule has 0 aliphatic heterocycles. The number of allylic oxidation sites excluding steroid dienone is 1. The van der Waals surface area contributed by atoms with Gasteiger partial charge < -0.3 is 5.73 Å². The van der Waals surface area contributed by atoms with Crippen molar-refractivity contribution >= 4 is 0 Å². The molecule has 1 nitrogen and oxygen atoms in total. The Kier molecular flexibility index (Phi) is 2.92. The van der Waals surface area contributed by atoms with Crippen molar-refractivity contribution in [3.63, 3.8) is 0 Å². The van der Waals surface area contributed by atoms with Crippen LogP contribution in [0.25, 0.3) is 0 Å². The Hall–Kier alpha value is -0.300. The van der Waals surface area contributed by atoms with E-state index in [1.54, 1.807) is 0 Å². The highest BCUT2D eigenvalue weighted by molar-refractivity contribution is 4.97. The van der Waals surface area contributed by atoms with Gasteiger partial charge in [-0.15, -0.1) is 0 Å². The minimum atomic E-state index is -0.0444. The highest BCUT2D eigenvalue weighted by atomic mass is 14.7. The van der Waals surface area contributed by atoms with Crippen LogP contribution in [0.2, 0.25) is 0 Å². The molecule has 0 saturated heterocycles. The van der Waals surface area contributed by atoms with E-state index in [2.05, 4.69) is 19.9 Å². The van der Waals surface area contributed by atoms with Gasteiger partial charge in [0.1, 0.15) is 0 Å². The van der Waals surface area contributed by atoms with Gasteiger partial charge in [0.25, 0.3) is 0 Å². The third-order valence-corrected chi connectivity index (χ3v) is 1.04. The maximum absolute atomic E-state index is 5.74. The zero-order valence-corrected chi connectivity index (χ0v) is 6.86. The highest BCUT2D eigenvalue weighted by Gasteiger charge is 2.06. The van der Waals surface area contributed by atoms with Crippen molar-refractivity contribution in [2.45, 2.75) is 39.7 Å². The first-order chi connectivity index (χ1) is 3.92. The maximum atomic E-state index is 5.74. The Morgan fingerprint density at radius 3 is 2.00 bits per heavy atom. The molecule has 0 atom stereocenters. The van der Waals surface area contributed by atoms with Crippen molar-refractivity contribution in [2.75, 3.05) is 0 Å². The molecule has 9 heavy (non-hydrogen) atoms. The fraction of sp³-hybridized carbons (Fsp3) is 0.750. The van der Waals surface area contributed by atoms with Crippen LogP contribution in [0.1, 0.15) is 34.1 Å².